The van der Waals surface area contributed by atoms with Crippen LogP contribution >= 0.6 is 0 Å². The molecule has 1 N–H and O–H groups in total. The second-order valence-corrected chi connectivity index (χ2v) is 7.43. The van der Waals surface area contributed by atoms with Gasteiger partial charge in [0.1, 0.15) is 5.82 Å². The summed E-state index contributed by atoms with van der Waals surface area (Å²) in [5.74, 6) is 1.50. The third kappa shape index (κ3) is 5.08. The number of rotatable bonds is 6. The smallest absolute Gasteiger partial charge is 0.241 e. The van der Waals surface area contributed by atoms with Gasteiger partial charge in [0.05, 0.1) is 6.04 Å². The molecule has 154 valence electrons. The van der Waals surface area contributed by atoms with Crippen LogP contribution in [0.25, 0.3) is 0 Å². The number of nitrogens with zero attached hydrogens (tertiary/aromatic N) is 5. The predicted octanol–water partition coefficient (Wildman–Crippen LogP) is 1.89. The number of anilines is 3. The van der Waals surface area contributed by atoms with E-state index < -0.39 is 0 Å². The van der Waals surface area contributed by atoms with Gasteiger partial charge in [-0.3, -0.25) is 14.5 Å². The second-order valence-electron chi connectivity index (χ2n) is 7.43. The van der Waals surface area contributed by atoms with Crippen molar-refractivity contribution in [1.29, 1.82) is 0 Å². The van der Waals surface area contributed by atoms with E-state index in [1.54, 1.807) is 30.5 Å². The van der Waals surface area contributed by atoms with E-state index in [4.69, 9.17) is 0 Å². The molecular formula is C21H28N6O2. The minimum absolute atomic E-state index is 0.0209. The molecule has 1 amide bonds. The highest BCUT2D eigenvalue weighted by molar-refractivity contribution is 5.98. The summed E-state index contributed by atoms with van der Waals surface area (Å²) in [6, 6.07) is 8.69. The van der Waals surface area contributed by atoms with Gasteiger partial charge >= 0.3 is 0 Å². The molecule has 0 saturated carbocycles. The average molecular weight is 396 g/mol. The standard InChI is InChI=1S/C21H28N6O2/c1-15(20(29)23-18-7-5-6-17(14-18)16(2)28)26-10-12-27(13-11-26)19-8-9-22-21(24-19)25(3)4/h5-9,14-15H,10-13H2,1-4H3,(H,23,29)/t15-/m1/s1. The zero-order chi connectivity index (χ0) is 21.0. The molecule has 3 rings (SSSR count). The molecule has 8 heteroatoms. The van der Waals surface area contributed by atoms with Crippen LogP contribution in [0.1, 0.15) is 24.2 Å². The molecule has 2 aromatic rings. The van der Waals surface area contributed by atoms with Crippen LogP contribution in [0.15, 0.2) is 36.5 Å². The van der Waals surface area contributed by atoms with Crippen molar-refractivity contribution in [2.75, 3.05) is 55.4 Å². The minimum Gasteiger partial charge on any atom is -0.354 e. The molecule has 2 heterocycles. The van der Waals surface area contributed by atoms with Gasteiger partial charge in [-0.2, -0.15) is 4.98 Å². The van der Waals surface area contributed by atoms with Crippen molar-refractivity contribution in [3.05, 3.63) is 42.1 Å². The fourth-order valence-electron chi connectivity index (χ4n) is 3.30. The molecule has 1 saturated heterocycles. The highest BCUT2D eigenvalue weighted by Gasteiger charge is 2.26. The number of carbonyl (C=O) groups excluding carboxylic acids is 2. The maximum atomic E-state index is 12.7. The average Bonchev–Trinajstić information content (AvgIpc) is 2.73. The van der Waals surface area contributed by atoms with E-state index in [1.807, 2.05) is 32.0 Å². The second kappa shape index (κ2) is 9.00. The van der Waals surface area contributed by atoms with Crippen LogP contribution in [0.4, 0.5) is 17.5 Å². The number of hydrogen-bond acceptors (Lipinski definition) is 7. The van der Waals surface area contributed by atoms with Crippen molar-refractivity contribution in [1.82, 2.24) is 14.9 Å². The number of Topliss-reactive ketones (excluding diaryl/α,β-unsaturated/α-hetero) is 1. The third-order valence-corrected chi connectivity index (χ3v) is 5.13. The molecule has 0 aliphatic carbocycles. The van der Waals surface area contributed by atoms with Gasteiger partial charge in [0.2, 0.25) is 11.9 Å². The lowest BCUT2D eigenvalue weighted by atomic mass is 10.1. The maximum Gasteiger partial charge on any atom is 0.241 e. The topological polar surface area (TPSA) is 81.7 Å². The van der Waals surface area contributed by atoms with Crippen LogP contribution in [0.3, 0.4) is 0 Å². The molecule has 0 unspecified atom stereocenters. The molecule has 8 nitrogen and oxygen atoms in total. The first-order valence-electron chi connectivity index (χ1n) is 9.76. The van der Waals surface area contributed by atoms with Crippen LogP contribution in [-0.2, 0) is 4.79 Å². The quantitative estimate of drug-likeness (QED) is 0.747. The Kier molecular flexibility index (Phi) is 6.43. The Bertz CT molecular complexity index is 877. The number of amides is 1. The SMILES string of the molecule is CC(=O)c1cccc(NC(=O)[C@@H](C)N2CCN(c3ccnc(N(C)C)n3)CC2)c1. The van der Waals surface area contributed by atoms with E-state index in [0.717, 1.165) is 32.0 Å². The summed E-state index contributed by atoms with van der Waals surface area (Å²) in [5.41, 5.74) is 1.23. The van der Waals surface area contributed by atoms with Crippen molar-refractivity contribution >= 4 is 29.1 Å². The predicted molar refractivity (Wildman–Crippen MR) is 115 cm³/mol. The van der Waals surface area contributed by atoms with E-state index in [9.17, 15) is 9.59 Å². The molecule has 0 radical (unpaired) electrons. The molecule has 1 fully saturated rings. The van der Waals surface area contributed by atoms with Crippen molar-refractivity contribution in [2.24, 2.45) is 0 Å². The van der Waals surface area contributed by atoms with Crippen LogP contribution in [0.2, 0.25) is 0 Å². The van der Waals surface area contributed by atoms with Crippen molar-refractivity contribution in [3.8, 4) is 0 Å². The molecule has 1 aromatic heterocycles. The highest BCUT2D eigenvalue weighted by Crippen LogP contribution is 2.18. The van der Waals surface area contributed by atoms with Gasteiger partial charge in [0, 0.05) is 57.7 Å². The van der Waals surface area contributed by atoms with Gasteiger partial charge in [0.15, 0.2) is 5.78 Å². The number of carbonyl (C=O) groups is 2. The Hall–Kier alpha value is -3.00. The summed E-state index contributed by atoms with van der Waals surface area (Å²) in [5, 5.41) is 2.92. The van der Waals surface area contributed by atoms with Crippen molar-refractivity contribution < 1.29 is 9.59 Å². The molecule has 29 heavy (non-hydrogen) atoms. The Labute approximate surface area is 171 Å². The van der Waals surface area contributed by atoms with Crippen LogP contribution in [-0.4, -0.2) is 72.9 Å². The van der Waals surface area contributed by atoms with Gasteiger partial charge in [-0.15, -0.1) is 0 Å². The molecular weight excluding hydrogens is 368 g/mol. The highest BCUT2D eigenvalue weighted by atomic mass is 16.2. The summed E-state index contributed by atoms with van der Waals surface area (Å²) >= 11 is 0. The third-order valence-electron chi connectivity index (χ3n) is 5.13. The number of piperazine rings is 1. The largest absolute Gasteiger partial charge is 0.354 e. The molecule has 0 bridgehead atoms. The van der Waals surface area contributed by atoms with E-state index >= 15 is 0 Å². The number of benzene rings is 1. The first-order valence-corrected chi connectivity index (χ1v) is 9.76. The van der Waals surface area contributed by atoms with Gasteiger partial charge < -0.3 is 15.1 Å². The summed E-state index contributed by atoms with van der Waals surface area (Å²) in [6.45, 7) is 6.55. The zero-order valence-corrected chi connectivity index (χ0v) is 17.4. The lowest BCUT2D eigenvalue weighted by molar-refractivity contribution is -0.120. The van der Waals surface area contributed by atoms with E-state index in [1.165, 1.54) is 6.92 Å². The first kappa shape index (κ1) is 20.7. The van der Waals surface area contributed by atoms with Crippen LogP contribution < -0.4 is 15.1 Å². The monoisotopic (exact) mass is 396 g/mol. The van der Waals surface area contributed by atoms with E-state index in [0.29, 0.717) is 17.2 Å². The molecule has 1 aliphatic rings. The van der Waals surface area contributed by atoms with Gasteiger partial charge in [-0.1, -0.05) is 12.1 Å². The summed E-state index contributed by atoms with van der Waals surface area (Å²) in [7, 11) is 3.84. The normalized spacial score (nSPS) is 15.7. The summed E-state index contributed by atoms with van der Waals surface area (Å²) in [4.78, 5) is 39.3. The Morgan fingerprint density at radius 3 is 2.52 bits per heavy atom. The summed E-state index contributed by atoms with van der Waals surface area (Å²) < 4.78 is 0. The van der Waals surface area contributed by atoms with E-state index in [-0.39, 0.29) is 17.7 Å². The number of nitrogens with one attached hydrogen (secondary N) is 1. The number of hydrogen-bond donors (Lipinski definition) is 1. The Balaban J connectivity index is 1.57. The Morgan fingerprint density at radius 2 is 1.86 bits per heavy atom. The van der Waals surface area contributed by atoms with Gasteiger partial charge in [-0.05, 0) is 32.0 Å². The fourth-order valence-corrected chi connectivity index (χ4v) is 3.30. The number of aromatic nitrogens is 2. The molecule has 1 aliphatic heterocycles. The lowest BCUT2D eigenvalue weighted by Gasteiger charge is -2.38. The van der Waals surface area contributed by atoms with Crippen molar-refractivity contribution in [2.45, 2.75) is 19.9 Å². The minimum atomic E-state index is -0.263. The fraction of sp³-hybridized carbons (Fsp3) is 0.429. The molecule has 1 atom stereocenters. The molecule has 0 spiro atoms. The van der Waals surface area contributed by atoms with Crippen LogP contribution in [0.5, 0.6) is 0 Å². The van der Waals surface area contributed by atoms with Gasteiger partial charge in [0.25, 0.3) is 0 Å². The maximum absolute atomic E-state index is 12.7. The lowest BCUT2D eigenvalue weighted by Crippen LogP contribution is -2.53. The summed E-state index contributed by atoms with van der Waals surface area (Å²) in [6.07, 6.45) is 1.77. The molecule has 1 aromatic carbocycles. The van der Waals surface area contributed by atoms with Gasteiger partial charge in [-0.25, -0.2) is 4.98 Å². The number of ketones is 1. The van der Waals surface area contributed by atoms with Crippen molar-refractivity contribution in [3.63, 3.8) is 0 Å². The first-order chi connectivity index (χ1) is 13.8. The Morgan fingerprint density at radius 1 is 1.14 bits per heavy atom. The zero-order valence-electron chi connectivity index (χ0n) is 17.4. The van der Waals surface area contributed by atoms with Crippen LogP contribution in [0, 0.1) is 0 Å². The van der Waals surface area contributed by atoms with E-state index in [2.05, 4.69) is 25.1 Å².